The minimum atomic E-state index is -0.573. The smallest absolute Gasteiger partial charge is 0.242 e. The highest BCUT2D eigenvalue weighted by atomic mass is 79.9. The summed E-state index contributed by atoms with van der Waals surface area (Å²) in [6.07, 6.45) is 0.832. The highest BCUT2D eigenvalue weighted by Crippen LogP contribution is 2.25. The number of carbonyl (C=O) groups is 2. The van der Waals surface area contributed by atoms with E-state index >= 15 is 0 Å². The van der Waals surface area contributed by atoms with E-state index in [0.29, 0.717) is 22.3 Å². The van der Waals surface area contributed by atoms with Crippen molar-refractivity contribution in [3.63, 3.8) is 0 Å². The van der Waals surface area contributed by atoms with Crippen LogP contribution in [0.3, 0.4) is 0 Å². The van der Waals surface area contributed by atoms with Crippen molar-refractivity contribution in [2.75, 3.05) is 5.75 Å². The molecule has 0 heterocycles. The third kappa shape index (κ3) is 8.33. The fraction of sp³-hybridized carbons (Fsp3) is 0.391. The predicted molar refractivity (Wildman–Crippen MR) is 135 cm³/mol. The molecular formula is C23H27BrCl2N2O2S. The third-order valence-corrected chi connectivity index (χ3v) is 7.17. The maximum Gasteiger partial charge on any atom is 0.242 e. The molecule has 31 heavy (non-hydrogen) atoms. The Morgan fingerprint density at radius 2 is 1.71 bits per heavy atom. The Balaban J connectivity index is 2.07. The molecule has 0 fully saturated rings. The van der Waals surface area contributed by atoms with Crippen molar-refractivity contribution in [2.45, 2.75) is 51.6 Å². The van der Waals surface area contributed by atoms with Gasteiger partial charge in [-0.3, -0.25) is 9.59 Å². The molecule has 2 aromatic rings. The minimum Gasteiger partial charge on any atom is -0.352 e. The van der Waals surface area contributed by atoms with Gasteiger partial charge in [-0.2, -0.15) is 0 Å². The SMILES string of the molecule is CC[C@@H](C)NC(=O)[C@@H](C)N(Cc1ccc(Br)cc1)C(=O)CSCc1ccc(Cl)c(Cl)c1. The van der Waals surface area contributed by atoms with Gasteiger partial charge in [0, 0.05) is 22.8 Å². The summed E-state index contributed by atoms with van der Waals surface area (Å²) >= 11 is 17.0. The van der Waals surface area contributed by atoms with Crippen LogP contribution in [0.5, 0.6) is 0 Å². The van der Waals surface area contributed by atoms with E-state index in [1.54, 1.807) is 17.9 Å². The molecule has 2 aromatic carbocycles. The maximum absolute atomic E-state index is 13.1. The summed E-state index contributed by atoms with van der Waals surface area (Å²) < 4.78 is 0.967. The zero-order valence-electron chi connectivity index (χ0n) is 17.8. The Bertz CT molecular complexity index is 896. The van der Waals surface area contributed by atoms with Crippen molar-refractivity contribution in [3.05, 3.63) is 68.1 Å². The van der Waals surface area contributed by atoms with Crippen LogP contribution in [0, 0.1) is 0 Å². The van der Waals surface area contributed by atoms with Crippen LogP contribution < -0.4 is 5.32 Å². The Morgan fingerprint density at radius 3 is 2.32 bits per heavy atom. The van der Waals surface area contributed by atoms with Crippen LogP contribution in [0.4, 0.5) is 0 Å². The second kappa shape index (κ2) is 12.7. The number of thioether (sulfide) groups is 1. The Kier molecular flexibility index (Phi) is 10.7. The van der Waals surface area contributed by atoms with Crippen LogP contribution in [-0.4, -0.2) is 34.6 Å². The van der Waals surface area contributed by atoms with Crippen LogP contribution in [0.25, 0.3) is 0 Å². The van der Waals surface area contributed by atoms with Crippen LogP contribution in [-0.2, 0) is 21.9 Å². The van der Waals surface area contributed by atoms with Crippen molar-refractivity contribution < 1.29 is 9.59 Å². The Hall–Kier alpha value is -1.21. The van der Waals surface area contributed by atoms with Crippen molar-refractivity contribution in [3.8, 4) is 0 Å². The van der Waals surface area contributed by atoms with Crippen molar-refractivity contribution >= 4 is 62.7 Å². The minimum absolute atomic E-state index is 0.0589. The second-order valence-electron chi connectivity index (χ2n) is 7.38. The summed E-state index contributed by atoms with van der Waals surface area (Å²) in [7, 11) is 0. The number of benzene rings is 2. The highest BCUT2D eigenvalue weighted by Gasteiger charge is 2.26. The number of hydrogen-bond donors (Lipinski definition) is 1. The number of hydrogen-bond acceptors (Lipinski definition) is 3. The van der Waals surface area contributed by atoms with E-state index in [-0.39, 0.29) is 23.6 Å². The van der Waals surface area contributed by atoms with Gasteiger partial charge in [-0.15, -0.1) is 11.8 Å². The normalized spacial score (nSPS) is 12.8. The van der Waals surface area contributed by atoms with Crippen LogP contribution in [0.2, 0.25) is 10.0 Å². The molecule has 1 N–H and O–H groups in total. The average molecular weight is 546 g/mol. The van der Waals surface area contributed by atoms with E-state index in [2.05, 4.69) is 21.2 Å². The van der Waals surface area contributed by atoms with Gasteiger partial charge in [0.15, 0.2) is 0 Å². The third-order valence-electron chi connectivity index (χ3n) is 4.91. The van der Waals surface area contributed by atoms with Crippen LogP contribution >= 0.6 is 50.9 Å². The predicted octanol–water partition coefficient (Wildman–Crippen LogP) is 6.32. The summed E-state index contributed by atoms with van der Waals surface area (Å²) in [5, 5.41) is 3.98. The van der Waals surface area contributed by atoms with E-state index in [4.69, 9.17) is 23.2 Å². The number of carbonyl (C=O) groups excluding carboxylic acids is 2. The Labute approximate surface area is 207 Å². The lowest BCUT2D eigenvalue weighted by Crippen LogP contribution is -2.50. The number of rotatable bonds is 10. The zero-order valence-corrected chi connectivity index (χ0v) is 21.7. The molecule has 2 rings (SSSR count). The van der Waals surface area contributed by atoms with Gasteiger partial charge in [0.25, 0.3) is 0 Å². The number of nitrogens with one attached hydrogen (secondary N) is 1. The first-order chi connectivity index (χ1) is 14.7. The molecule has 2 amide bonds. The molecule has 0 aliphatic heterocycles. The van der Waals surface area contributed by atoms with E-state index in [0.717, 1.165) is 22.0 Å². The largest absolute Gasteiger partial charge is 0.352 e. The molecule has 0 spiro atoms. The molecule has 4 nitrogen and oxygen atoms in total. The molecule has 168 valence electrons. The quantitative estimate of drug-likeness (QED) is 0.380. The first-order valence-electron chi connectivity index (χ1n) is 10.1. The van der Waals surface area contributed by atoms with Gasteiger partial charge >= 0.3 is 0 Å². The standard InChI is InChI=1S/C23H27BrCl2N2O2S/c1-4-15(2)27-23(30)16(3)28(12-17-5-8-19(24)9-6-17)22(29)14-31-13-18-7-10-20(25)21(26)11-18/h5-11,15-16H,4,12-14H2,1-3H3,(H,27,30)/t15-,16-/m1/s1. The van der Waals surface area contributed by atoms with Gasteiger partial charge in [-0.25, -0.2) is 0 Å². The van der Waals surface area contributed by atoms with Gasteiger partial charge in [-0.1, -0.05) is 64.3 Å². The van der Waals surface area contributed by atoms with E-state index in [9.17, 15) is 9.59 Å². The van der Waals surface area contributed by atoms with E-state index in [1.165, 1.54) is 11.8 Å². The second-order valence-corrected chi connectivity index (χ2v) is 10.1. The fourth-order valence-corrected chi connectivity index (χ4v) is 4.25. The average Bonchev–Trinajstić information content (AvgIpc) is 2.75. The molecule has 0 radical (unpaired) electrons. The number of amides is 2. The van der Waals surface area contributed by atoms with E-state index in [1.807, 2.05) is 50.2 Å². The lowest BCUT2D eigenvalue weighted by Gasteiger charge is -2.29. The maximum atomic E-state index is 13.1. The van der Waals surface area contributed by atoms with Crippen LogP contribution in [0.15, 0.2) is 46.9 Å². The van der Waals surface area contributed by atoms with Crippen molar-refractivity contribution in [2.24, 2.45) is 0 Å². The lowest BCUT2D eigenvalue weighted by molar-refractivity contribution is -0.138. The van der Waals surface area contributed by atoms with Crippen molar-refractivity contribution in [1.82, 2.24) is 10.2 Å². The molecule has 2 atom stereocenters. The number of halogens is 3. The van der Waals surface area contributed by atoms with Crippen LogP contribution in [0.1, 0.15) is 38.3 Å². The lowest BCUT2D eigenvalue weighted by atomic mass is 10.1. The topological polar surface area (TPSA) is 49.4 Å². The molecule has 0 aliphatic rings. The summed E-state index contributed by atoms with van der Waals surface area (Å²) in [5.74, 6) is 0.661. The molecule has 0 aliphatic carbocycles. The van der Waals surface area contributed by atoms with E-state index < -0.39 is 6.04 Å². The molecule has 0 saturated carbocycles. The fourth-order valence-electron chi connectivity index (χ4n) is 2.80. The van der Waals surface area contributed by atoms with Gasteiger partial charge < -0.3 is 10.2 Å². The highest BCUT2D eigenvalue weighted by molar-refractivity contribution is 9.10. The number of nitrogens with zero attached hydrogens (tertiary/aromatic N) is 1. The summed E-state index contributed by atoms with van der Waals surface area (Å²) in [5.41, 5.74) is 1.96. The van der Waals surface area contributed by atoms with Gasteiger partial charge in [-0.05, 0) is 55.7 Å². The van der Waals surface area contributed by atoms with Crippen molar-refractivity contribution in [1.29, 1.82) is 0 Å². The molecule has 0 aromatic heterocycles. The zero-order chi connectivity index (χ0) is 23.0. The van der Waals surface area contributed by atoms with Gasteiger partial charge in [0.05, 0.1) is 15.8 Å². The molecule has 0 unspecified atom stereocenters. The first kappa shape index (κ1) is 26.0. The Morgan fingerprint density at radius 1 is 1.06 bits per heavy atom. The molecule has 0 bridgehead atoms. The molecule has 0 saturated heterocycles. The molecular weight excluding hydrogens is 519 g/mol. The molecule has 8 heteroatoms. The summed E-state index contributed by atoms with van der Waals surface area (Å²) in [6.45, 7) is 6.12. The summed E-state index contributed by atoms with van der Waals surface area (Å²) in [4.78, 5) is 27.5. The van der Waals surface area contributed by atoms with Gasteiger partial charge in [0.1, 0.15) is 6.04 Å². The van der Waals surface area contributed by atoms with Gasteiger partial charge in [0.2, 0.25) is 11.8 Å². The summed E-state index contributed by atoms with van der Waals surface area (Å²) in [6, 6.07) is 12.7. The first-order valence-corrected chi connectivity index (χ1v) is 12.8. The monoisotopic (exact) mass is 544 g/mol.